The molecular formula is C13H11N3OS. The Labute approximate surface area is 108 Å². The molecule has 3 rings (SSSR count). The van der Waals surface area contributed by atoms with Gasteiger partial charge < -0.3 is 4.42 Å². The van der Waals surface area contributed by atoms with Crippen molar-refractivity contribution in [3.05, 3.63) is 47.9 Å². The van der Waals surface area contributed by atoms with Gasteiger partial charge in [-0.05, 0) is 31.2 Å². The zero-order valence-electron chi connectivity index (χ0n) is 9.83. The fraction of sp³-hybridized carbons (Fsp3) is 0.154. The molecule has 0 bridgehead atoms. The van der Waals surface area contributed by atoms with E-state index < -0.39 is 0 Å². The van der Waals surface area contributed by atoms with Gasteiger partial charge in [-0.1, -0.05) is 23.5 Å². The van der Waals surface area contributed by atoms with Crippen LogP contribution in [0.5, 0.6) is 0 Å². The van der Waals surface area contributed by atoms with E-state index in [9.17, 15) is 0 Å². The van der Waals surface area contributed by atoms with Crippen molar-refractivity contribution in [1.82, 2.24) is 4.98 Å². The normalized spacial score (nSPS) is 11.6. The van der Waals surface area contributed by atoms with E-state index in [1.165, 1.54) is 11.3 Å². The Bertz CT molecular complexity index is 666. The maximum absolute atomic E-state index is 5.41. The van der Waals surface area contributed by atoms with Crippen LogP contribution >= 0.6 is 11.3 Å². The average molecular weight is 257 g/mol. The fourth-order valence-corrected chi connectivity index (χ4v) is 2.44. The molecule has 5 heteroatoms. The summed E-state index contributed by atoms with van der Waals surface area (Å²) in [7, 11) is 0. The zero-order chi connectivity index (χ0) is 12.4. The Balaban J connectivity index is 1.75. The van der Waals surface area contributed by atoms with Crippen molar-refractivity contribution in [2.75, 3.05) is 0 Å². The summed E-state index contributed by atoms with van der Waals surface area (Å²) in [6.07, 6.45) is 0. The first-order chi connectivity index (χ1) is 8.81. The molecule has 0 unspecified atom stereocenters. The summed E-state index contributed by atoms with van der Waals surface area (Å²) >= 11 is 1.54. The van der Waals surface area contributed by atoms with Crippen LogP contribution in [0.1, 0.15) is 11.5 Å². The number of azo groups is 1. The van der Waals surface area contributed by atoms with Crippen molar-refractivity contribution in [2.24, 2.45) is 10.2 Å². The number of aromatic nitrogens is 1. The predicted molar refractivity (Wildman–Crippen MR) is 71.3 cm³/mol. The Morgan fingerprint density at radius 1 is 1.22 bits per heavy atom. The number of fused-ring (bicyclic) bond motifs is 1. The third-order valence-corrected chi connectivity index (χ3v) is 3.38. The number of hydrogen-bond donors (Lipinski definition) is 0. The highest BCUT2D eigenvalue weighted by Gasteiger charge is 2.01. The summed E-state index contributed by atoms with van der Waals surface area (Å²) in [6, 6.07) is 11.8. The summed E-state index contributed by atoms with van der Waals surface area (Å²) in [6.45, 7) is 2.36. The van der Waals surface area contributed by atoms with Crippen molar-refractivity contribution >= 4 is 26.7 Å². The van der Waals surface area contributed by atoms with Gasteiger partial charge >= 0.3 is 0 Å². The standard InChI is InChI=1S/C13H11N3OS/c1-9-6-7-10(17-9)8-14-16-13-15-11-4-2-3-5-12(11)18-13/h2-7H,8H2,1H3. The number of hydrogen-bond acceptors (Lipinski definition) is 5. The van der Waals surface area contributed by atoms with Gasteiger partial charge in [0, 0.05) is 0 Å². The lowest BCUT2D eigenvalue weighted by Gasteiger charge is -1.86. The number of benzene rings is 1. The maximum Gasteiger partial charge on any atom is 0.230 e. The van der Waals surface area contributed by atoms with E-state index in [0.717, 1.165) is 21.7 Å². The van der Waals surface area contributed by atoms with Crippen molar-refractivity contribution < 1.29 is 4.42 Å². The molecule has 18 heavy (non-hydrogen) atoms. The molecule has 90 valence electrons. The Morgan fingerprint density at radius 3 is 2.89 bits per heavy atom. The molecule has 0 aliphatic heterocycles. The van der Waals surface area contributed by atoms with Gasteiger partial charge in [-0.3, -0.25) is 0 Å². The van der Waals surface area contributed by atoms with Crippen LogP contribution in [0.3, 0.4) is 0 Å². The number of thiazole rings is 1. The number of furan rings is 1. The van der Waals surface area contributed by atoms with Gasteiger partial charge in [-0.25, -0.2) is 4.98 Å². The topological polar surface area (TPSA) is 50.8 Å². The second-order valence-electron chi connectivity index (χ2n) is 3.88. The Kier molecular flexibility index (Phi) is 2.90. The smallest absolute Gasteiger partial charge is 0.230 e. The molecule has 4 nitrogen and oxygen atoms in total. The van der Waals surface area contributed by atoms with Crippen LogP contribution in [-0.2, 0) is 6.54 Å². The number of aryl methyl sites for hydroxylation is 1. The van der Waals surface area contributed by atoms with Gasteiger partial charge in [0.25, 0.3) is 0 Å². The van der Waals surface area contributed by atoms with Gasteiger partial charge in [0.1, 0.15) is 18.1 Å². The van der Waals surface area contributed by atoms with Crippen molar-refractivity contribution in [1.29, 1.82) is 0 Å². The lowest BCUT2D eigenvalue weighted by Crippen LogP contribution is -1.72. The van der Waals surface area contributed by atoms with Crippen molar-refractivity contribution in [3.8, 4) is 0 Å². The molecule has 1 aromatic carbocycles. The van der Waals surface area contributed by atoms with Crippen LogP contribution in [0.2, 0.25) is 0 Å². The summed E-state index contributed by atoms with van der Waals surface area (Å²) < 4.78 is 6.53. The lowest BCUT2D eigenvalue weighted by molar-refractivity contribution is 0.483. The van der Waals surface area contributed by atoms with Gasteiger partial charge in [-0.15, -0.1) is 5.11 Å². The van der Waals surface area contributed by atoms with Gasteiger partial charge in [0.05, 0.1) is 10.2 Å². The minimum Gasteiger partial charge on any atom is -0.464 e. The molecule has 0 radical (unpaired) electrons. The van der Waals surface area contributed by atoms with Gasteiger partial charge in [0.15, 0.2) is 0 Å². The van der Waals surface area contributed by atoms with E-state index in [1.54, 1.807) is 0 Å². The molecular weight excluding hydrogens is 246 g/mol. The van der Waals surface area contributed by atoms with Crippen LogP contribution in [0.4, 0.5) is 5.13 Å². The molecule has 0 saturated carbocycles. The van der Waals surface area contributed by atoms with E-state index >= 15 is 0 Å². The monoisotopic (exact) mass is 257 g/mol. The lowest BCUT2D eigenvalue weighted by atomic mass is 10.3. The van der Waals surface area contributed by atoms with Crippen molar-refractivity contribution in [3.63, 3.8) is 0 Å². The van der Waals surface area contributed by atoms with Gasteiger partial charge in [-0.2, -0.15) is 5.11 Å². The highest BCUT2D eigenvalue weighted by Crippen LogP contribution is 2.27. The molecule has 0 saturated heterocycles. The Hall–Kier alpha value is -2.01. The molecule has 2 aromatic heterocycles. The molecule has 0 amide bonds. The largest absolute Gasteiger partial charge is 0.464 e. The molecule has 0 aliphatic rings. The number of rotatable bonds is 3. The number of nitrogens with zero attached hydrogens (tertiary/aromatic N) is 3. The first-order valence-electron chi connectivity index (χ1n) is 5.60. The predicted octanol–water partition coefficient (Wildman–Crippen LogP) is 4.48. The summed E-state index contributed by atoms with van der Waals surface area (Å²) in [5, 5.41) is 8.90. The van der Waals surface area contributed by atoms with Crippen LogP contribution in [0.15, 0.2) is 51.0 Å². The third-order valence-electron chi connectivity index (χ3n) is 2.46. The molecule has 0 atom stereocenters. The van der Waals surface area contributed by atoms with Crippen LogP contribution < -0.4 is 0 Å². The van der Waals surface area contributed by atoms with E-state index in [4.69, 9.17) is 4.42 Å². The van der Waals surface area contributed by atoms with Gasteiger partial charge in [0.2, 0.25) is 5.13 Å². The quantitative estimate of drug-likeness (QED) is 0.649. The van der Waals surface area contributed by atoms with E-state index in [0.29, 0.717) is 11.7 Å². The second kappa shape index (κ2) is 4.70. The Morgan fingerprint density at radius 2 is 2.11 bits per heavy atom. The first-order valence-corrected chi connectivity index (χ1v) is 6.41. The number of para-hydroxylation sites is 1. The zero-order valence-corrected chi connectivity index (χ0v) is 10.6. The van der Waals surface area contributed by atoms with Crippen molar-refractivity contribution in [2.45, 2.75) is 13.5 Å². The molecule has 0 spiro atoms. The van der Waals surface area contributed by atoms with Crippen LogP contribution in [0, 0.1) is 6.92 Å². The second-order valence-corrected chi connectivity index (χ2v) is 4.89. The SMILES string of the molecule is Cc1ccc(CN=Nc2nc3ccccc3s2)o1. The van der Waals surface area contributed by atoms with E-state index in [1.807, 2.05) is 43.3 Å². The van der Waals surface area contributed by atoms with E-state index in [-0.39, 0.29) is 0 Å². The van der Waals surface area contributed by atoms with Crippen LogP contribution in [0.25, 0.3) is 10.2 Å². The molecule has 2 heterocycles. The van der Waals surface area contributed by atoms with E-state index in [2.05, 4.69) is 15.2 Å². The van der Waals surface area contributed by atoms with Crippen LogP contribution in [-0.4, -0.2) is 4.98 Å². The average Bonchev–Trinajstić information content (AvgIpc) is 2.95. The first kappa shape index (κ1) is 11.1. The summed E-state index contributed by atoms with van der Waals surface area (Å²) in [5.74, 6) is 1.71. The minimum atomic E-state index is 0.448. The highest BCUT2D eigenvalue weighted by atomic mass is 32.1. The summed E-state index contributed by atoms with van der Waals surface area (Å²) in [5.41, 5.74) is 0.963. The highest BCUT2D eigenvalue weighted by molar-refractivity contribution is 7.21. The minimum absolute atomic E-state index is 0.448. The molecule has 0 fully saturated rings. The maximum atomic E-state index is 5.41. The molecule has 3 aromatic rings. The fourth-order valence-electron chi connectivity index (χ4n) is 1.64. The third kappa shape index (κ3) is 2.31. The summed E-state index contributed by atoms with van der Waals surface area (Å²) in [4.78, 5) is 4.38. The molecule has 0 N–H and O–H groups in total. The molecule has 0 aliphatic carbocycles.